The van der Waals surface area contributed by atoms with Crippen LogP contribution in [0.15, 0.2) is 46.7 Å². The third kappa shape index (κ3) is 2.44. The predicted octanol–water partition coefficient (Wildman–Crippen LogP) is 1.11. The first-order valence-electron chi connectivity index (χ1n) is 6.22. The van der Waals surface area contributed by atoms with E-state index in [1.165, 1.54) is 17.5 Å². The van der Waals surface area contributed by atoms with Crippen molar-refractivity contribution in [1.29, 1.82) is 0 Å². The first kappa shape index (κ1) is 13.5. The summed E-state index contributed by atoms with van der Waals surface area (Å²) in [5, 5.41) is 1.80. The molecular weight excluding hydrogens is 288 g/mol. The molecule has 3 aromatic rings. The smallest absolute Gasteiger partial charge is 0.275 e. The zero-order valence-corrected chi connectivity index (χ0v) is 11.8. The molecular formula is C14H12N4O2S. The molecule has 0 atom stereocenters. The van der Waals surface area contributed by atoms with Crippen LogP contribution >= 0.6 is 11.3 Å². The number of rotatable bonds is 3. The lowest BCUT2D eigenvalue weighted by molar-refractivity contribution is 0.0957. The summed E-state index contributed by atoms with van der Waals surface area (Å²) in [5.41, 5.74) is 4.12. The molecule has 1 aromatic carbocycles. The number of nitrogens with two attached hydrogens (primary N) is 1. The molecule has 21 heavy (non-hydrogen) atoms. The van der Waals surface area contributed by atoms with Gasteiger partial charge < -0.3 is 4.57 Å². The molecule has 2 heterocycles. The number of nitrogens with one attached hydrogen (secondary N) is 1. The summed E-state index contributed by atoms with van der Waals surface area (Å²) in [6.45, 7) is 0.300. The third-order valence-corrected chi connectivity index (χ3v) is 4.12. The lowest BCUT2D eigenvalue weighted by atomic mass is 10.2. The Kier molecular flexibility index (Phi) is 3.51. The molecule has 0 aliphatic carbocycles. The SMILES string of the molecule is NNC(=O)c1sccc1Cn1c(=O)cnc2ccccc21. The van der Waals surface area contributed by atoms with Gasteiger partial charge in [0.05, 0.1) is 28.7 Å². The van der Waals surface area contributed by atoms with Crippen LogP contribution < -0.4 is 16.8 Å². The standard InChI is InChI=1S/C14H12N4O2S/c15-17-14(20)13-9(5-6-21-13)8-18-11-4-2-1-3-10(11)16-7-12(18)19/h1-7H,8,15H2,(H,17,20). The molecule has 0 bridgehead atoms. The molecule has 0 saturated heterocycles. The molecule has 3 N–H and O–H groups in total. The number of nitrogens with zero attached hydrogens (tertiary/aromatic N) is 2. The summed E-state index contributed by atoms with van der Waals surface area (Å²) in [6.07, 6.45) is 1.29. The van der Waals surface area contributed by atoms with Crippen molar-refractivity contribution in [2.45, 2.75) is 6.54 Å². The van der Waals surface area contributed by atoms with E-state index in [0.29, 0.717) is 11.4 Å². The van der Waals surface area contributed by atoms with Crippen LogP contribution in [0.5, 0.6) is 0 Å². The number of hydrogen-bond acceptors (Lipinski definition) is 5. The van der Waals surface area contributed by atoms with Crippen LogP contribution in [0.4, 0.5) is 0 Å². The number of thiophene rings is 1. The van der Waals surface area contributed by atoms with E-state index in [0.717, 1.165) is 16.6 Å². The van der Waals surface area contributed by atoms with E-state index in [-0.39, 0.29) is 11.5 Å². The molecule has 3 rings (SSSR count). The van der Waals surface area contributed by atoms with Crippen LogP contribution in [0.1, 0.15) is 15.2 Å². The summed E-state index contributed by atoms with van der Waals surface area (Å²) in [5.74, 6) is 4.82. The Bertz CT molecular complexity index is 869. The molecule has 0 radical (unpaired) electrons. The molecule has 0 spiro atoms. The maximum atomic E-state index is 12.1. The van der Waals surface area contributed by atoms with Gasteiger partial charge >= 0.3 is 0 Å². The lowest BCUT2D eigenvalue weighted by Gasteiger charge is -2.09. The summed E-state index contributed by atoms with van der Waals surface area (Å²) in [4.78, 5) is 28.4. The maximum Gasteiger partial charge on any atom is 0.275 e. The highest BCUT2D eigenvalue weighted by molar-refractivity contribution is 7.12. The van der Waals surface area contributed by atoms with E-state index < -0.39 is 0 Å². The van der Waals surface area contributed by atoms with Crippen molar-refractivity contribution >= 4 is 28.3 Å². The number of aromatic nitrogens is 2. The minimum absolute atomic E-state index is 0.209. The quantitative estimate of drug-likeness (QED) is 0.431. The van der Waals surface area contributed by atoms with Crippen molar-refractivity contribution in [3.63, 3.8) is 0 Å². The number of amides is 1. The topological polar surface area (TPSA) is 90.0 Å². The normalized spacial score (nSPS) is 10.7. The van der Waals surface area contributed by atoms with Crippen molar-refractivity contribution in [2.24, 2.45) is 5.84 Å². The molecule has 2 aromatic heterocycles. The molecule has 0 saturated carbocycles. The maximum absolute atomic E-state index is 12.1. The fraction of sp³-hybridized carbons (Fsp3) is 0.0714. The van der Waals surface area contributed by atoms with Crippen molar-refractivity contribution < 1.29 is 4.79 Å². The average molecular weight is 300 g/mol. The zero-order chi connectivity index (χ0) is 14.8. The second-order valence-electron chi connectivity index (χ2n) is 4.42. The van der Waals surface area contributed by atoms with Crippen LogP contribution in [-0.4, -0.2) is 15.5 Å². The largest absolute Gasteiger partial charge is 0.301 e. The average Bonchev–Trinajstić information content (AvgIpc) is 2.97. The monoisotopic (exact) mass is 300 g/mol. The molecule has 0 fully saturated rings. The fourth-order valence-electron chi connectivity index (χ4n) is 2.17. The summed E-state index contributed by atoms with van der Waals surface area (Å²) in [7, 11) is 0. The van der Waals surface area contributed by atoms with Crippen LogP contribution in [0, 0.1) is 0 Å². The van der Waals surface area contributed by atoms with Crippen LogP contribution in [0.3, 0.4) is 0 Å². The highest BCUT2D eigenvalue weighted by Gasteiger charge is 2.14. The lowest BCUT2D eigenvalue weighted by Crippen LogP contribution is -2.30. The number of para-hydroxylation sites is 2. The third-order valence-electron chi connectivity index (χ3n) is 3.17. The second kappa shape index (κ2) is 5.47. The number of hydrogen-bond donors (Lipinski definition) is 2. The van der Waals surface area contributed by atoms with E-state index in [9.17, 15) is 9.59 Å². The van der Waals surface area contributed by atoms with Gasteiger partial charge in [0, 0.05) is 0 Å². The molecule has 7 heteroatoms. The summed E-state index contributed by atoms with van der Waals surface area (Å²) in [6, 6.07) is 9.20. The van der Waals surface area contributed by atoms with Gasteiger partial charge in [-0.15, -0.1) is 11.3 Å². The van der Waals surface area contributed by atoms with E-state index in [4.69, 9.17) is 5.84 Å². The number of benzene rings is 1. The van der Waals surface area contributed by atoms with Gasteiger partial charge in [-0.3, -0.25) is 15.0 Å². The van der Waals surface area contributed by atoms with Gasteiger partial charge in [0.2, 0.25) is 0 Å². The summed E-state index contributed by atoms with van der Waals surface area (Å²) >= 11 is 1.29. The van der Waals surface area contributed by atoms with Gasteiger partial charge in [-0.25, -0.2) is 10.8 Å². The zero-order valence-electron chi connectivity index (χ0n) is 10.9. The first-order chi connectivity index (χ1) is 10.2. The first-order valence-corrected chi connectivity index (χ1v) is 7.10. The van der Waals surface area contributed by atoms with E-state index in [1.54, 1.807) is 9.95 Å². The second-order valence-corrected chi connectivity index (χ2v) is 5.34. The molecule has 0 aliphatic heterocycles. The molecule has 1 amide bonds. The van der Waals surface area contributed by atoms with E-state index in [2.05, 4.69) is 10.4 Å². The van der Waals surface area contributed by atoms with Crippen molar-refractivity contribution in [2.75, 3.05) is 0 Å². The van der Waals surface area contributed by atoms with Gasteiger partial charge in [-0.2, -0.15) is 0 Å². The minimum atomic E-state index is -0.355. The van der Waals surface area contributed by atoms with Gasteiger partial charge in [-0.05, 0) is 29.1 Å². The Morgan fingerprint density at radius 1 is 1.33 bits per heavy atom. The van der Waals surface area contributed by atoms with Gasteiger partial charge in [-0.1, -0.05) is 12.1 Å². The highest BCUT2D eigenvalue weighted by Crippen LogP contribution is 2.19. The predicted molar refractivity (Wildman–Crippen MR) is 81.1 cm³/mol. The Hall–Kier alpha value is -2.51. The van der Waals surface area contributed by atoms with Crippen molar-refractivity contribution in [3.05, 3.63) is 62.7 Å². The Morgan fingerprint density at radius 3 is 2.95 bits per heavy atom. The van der Waals surface area contributed by atoms with Gasteiger partial charge in [0.25, 0.3) is 11.5 Å². The summed E-state index contributed by atoms with van der Waals surface area (Å²) < 4.78 is 1.59. The van der Waals surface area contributed by atoms with Crippen molar-refractivity contribution in [3.8, 4) is 0 Å². The van der Waals surface area contributed by atoms with E-state index >= 15 is 0 Å². The van der Waals surface area contributed by atoms with E-state index in [1.807, 2.05) is 30.3 Å². The molecule has 106 valence electrons. The Labute approximate surface area is 123 Å². The number of carbonyl (C=O) groups is 1. The highest BCUT2D eigenvalue weighted by atomic mass is 32.1. The van der Waals surface area contributed by atoms with Crippen LogP contribution in [0.25, 0.3) is 11.0 Å². The van der Waals surface area contributed by atoms with Crippen LogP contribution in [0.2, 0.25) is 0 Å². The van der Waals surface area contributed by atoms with Gasteiger partial charge in [0.15, 0.2) is 0 Å². The van der Waals surface area contributed by atoms with Gasteiger partial charge in [0.1, 0.15) is 0 Å². The fourth-order valence-corrected chi connectivity index (χ4v) is 2.99. The Morgan fingerprint density at radius 2 is 2.14 bits per heavy atom. The number of nitrogen functional groups attached to an aromatic ring is 1. The number of hydrazine groups is 1. The molecule has 0 unspecified atom stereocenters. The van der Waals surface area contributed by atoms with Crippen molar-refractivity contribution in [1.82, 2.24) is 15.0 Å². The molecule has 6 nitrogen and oxygen atoms in total. The Balaban J connectivity index is 2.11. The van der Waals surface area contributed by atoms with Crippen LogP contribution in [-0.2, 0) is 6.54 Å². The number of carbonyl (C=O) groups excluding carboxylic acids is 1. The molecule has 0 aliphatic rings. The number of fused-ring (bicyclic) bond motifs is 1. The minimum Gasteiger partial charge on any atom is -0.301 e.